The number of fused-ring (bicyclic) bond motifs is 6. The summed E-state index contributed by atoms with van der Waals surface area (Å²) in [4.78, 5) is 0. The first-order valence-corrected chi connectivity index (χ1v) is 17.5. The summed E-state index contributed by atoms with van der Waals surface area (Å²) in [5.41, 5.74) is 23.2. The number of hydrogen-bond acceptors (Lipinski definition) is 2. The monoisotopic (exact) mass is 570 g/mol. The lowest BCUT2D eigenvalue weighted by Crippen LogP contribution is -2.51. The third-order valence-corrected chi connectivity index (χ3v) is 13.3. The zero-order chi connectivity index (χ0) is 30.5. The van der Waals surface area contributed by atoms with E-state index in [1.54, 1.807) is 22.3 Å². The zero-order valence-corrected chi connectivity index (χ0v) is 28.4. The standard InChI is InChI=1S/2C20H31N/c2*1-14(2)15-6-8-17-16(12-15)7-9-18-19(3,13-21)10-5-11-20(17,18)4/h2*6,8,12,14,18H,5,7,9-11,13,21H2,1-4H3/t2*18-,19-,20+/m00/s1. The molecular formula is C40H62N2. The second-order valence-corrected chi connectivity index (χ2v) is 16.6. The van der Waals surface area contributed by atoms with Gasteiger partial charge in [-0.05, 0) is 143 Å². The summed E-state index contributed by atoms with van der Waals surface area (Å²) >= 11 is 0. The Morgan fingerprint density at radius 1 is 0.619 bits per heavy atom. The quantitative estimate of drug-likeness (QED) is 0.384. The van der Waals surface area contributed by atoms with E-state index in [9.17, 15) is 0 Å². The van der Waals surface area contributed by atoms with E-state index in [0.717, 1.165) is 24.9 Å². The van der Waals surface area contributed by atoms with Gasteiger partial charge < -0.3 is 11.5 Å². The SMILES string of the molecule is CC(C)c1ccc2c(c1)CC[C@H]1[C@](C)(CN)CCC[C@]21C.CC(C)c1ccc2c(c1)CC[C@H]1[C@](C)(CN)CCC[C@]21C. The molecule has 6 rings (SSSR count). The normalized spacial score (nSPS) is 35.4. The van der Waals surface area contributed by atoms with Crippen LogP contribution in [-0.2, 0) is 23.7 Å². The van der Waals surface area contributed by atoms with Gasteiger partial charge in [0.05, 0.1) is 0 Å². The van der Waals surface area contributed by atoms with Crippen molar-refractivity contribution in [3.63, 3.8) is 0 Å². The summed E-state index contributed by atoms with van der Waals surface area (Å²) in [6.07, 6.45) is 13.1. The first-order valence-electron chi connectivity index (χ1n) is 17.5. The van der Waals surface area contributed by atoms with Gasteiger partial charge in [0.1, 0.15) is 0 Å². The molecule has 0 bridgehead atoms. The number of aryl methyl sites for hydroxylation is 2. The maximum atomic E-state index is 6.19. The molecule has 4 N–H and O–H groups in total. The van der Waals surface area contributed by atoms with Crippen molar-refractivity contribution in [3.05, 3.63) is 69.8 Å². The predicted octanol–water partition coefficient (Wildman–Crippen LogP) is 9.56. The van der Waals surface area contributed by atoms with Crippen molar-refractivity contribution in [2.45, 2.75) is 142 Å². The van der Waals surface area contributed by atoms with Crippen LogP contribution in [0.2, 0.25) is 0 Å². The van der Waals surface area contributed by atoms with Gasteiger partial charge in [0.15, 0.2) is 0 Å². The number of nitrogens with two attached hydrogens (primary N) is 2. The van der Waals surface area contributed by atoms with Gasteiger partial charge in [-0.1, -0.05) is 105 Å². The lowest BCUT2D eigenvalue weighted by Gasteiger charge is -2.55. The van der Waals surface area contributed by atoms with Crippen LogP contribution in [-0.4, -0.2) is 13.1 Å². The van der Waals surface area contributed by atoms with Crippen LogP contribution in [0.3, 0.4) is 0 Å². The van der Waals surface area contributed by atoms with E-state index in [4.69, 9.17) is 11.5 Å². The molecule has 2 aromatic carbocycles. The van der Waals surface area contributed by atoms with Crippen molar-refractivity contribution >= 4 is 0 Å². The van der Waals surface area contributed by atoms with Crippen LogP contribution in [0.5, 0.6) is 0 Å². The highest BCUT2D eigenvalue weighted by Gasteiger charge is 2.52. The summed E-state index contributed by atoms with van der Waals surface area (Å²) < 4.78 is 0. The van der Waals surface area contributed by atoms with Gasteiger partial charge in [-0.25, -0.2) is 0 Å². The molecule has 0 heterocycles. The van der Waals surface area contributed by atoms with Crippen LogP contribution < -0.4 is 11.5 Å². The summed E-state index contributed by atoms with van der Waals surface area (Å²) in [6.45, 7) is 20.7. The molecule has 2 saturated carbocycles. The van der Waals surface area contributed by atoms with Gasteiger partial charge in [-0.2, -0.15) is 0 Å². The molecule has 2 nitrogen and oxygen atoms in total. The minimum Gasteiger partial charge on any atom is -0.330 e. The first-order chi connectivity index (χ1) is 19.8. The van der Waals surface area contributed by atoms with Gasteiger partial charge in [-0.3, -0.25) is 0 Å². The molecule has 4 aliphatic carbocycles. The molecular weight excluding hydrogens is 508 g/mol. The Morgan fingerprint density at radius 2 is 1.00 bits per heavy atom. The summed E-state index contributed by atoms with van der Waals surface area (Å²) in [5.74, 6) is 2.75. The van der Waals surface area contributed by atoms with Crippen molar-refractivity contribution in [2.75, 3.05) is 13.1 Å². The molecule has 2 heteroatoms. The molecule has 2 fully saturated rings. The number of benzene rings is 2. The molecule has 6 atom stereocenters. The van der Waals surface area contributed by atoms with Crippen molar-refractivity contribution < 1.29 is 0 Å². The third-order valence-electron chi connectivity index (χ3n) is 13.3. The largest absolute Gasteiger partial charge is 0.330 e. The second kappa shape index (κ2) is 11.7. The van der Waals surface area contributed by atoms with Crippen LogP contribution in [0.4, 0.5) is 0 Å². The van der Waals surface area contributed by atoms with Crippen LogP contribution in [0.1, 0.15) is 152 Å². The van der Waals surface area contributed by atoms with Gasteiger partial charge in [0, 0.05) is 0 Å². The average molecular weight is 571 g/mol. The lowest BCUT2D eigenvalue weighted by molar-refractivity contribution is 0.0325. The van der Waals surface area contributed by atoms with E-state index in [2.05, 4.69) is 91.8 Å². The van der Waals surface area contributed by atoms with Crippen LogP contribution >= 0.6 is 0 Å². The fourth-order valence-electron chi connectivity index (χ4n) is 10.5. The minimum absolute atomic E-state index is 0.335. The molecule has 0 unspecified atom stereocenters. The molecule has 0 aliphatic heterocycles. The third kappa shape index (κ3) is 5.32. The van der Waals surface area contributed by atoms with E-state index < -0.39 is 0 Å². The number of rotatable bonds is 4. The van der Waals surface area contributed by atoms with Crippen molar-refractivity contribution in [2.24, 2.45) is 34.1 Å². The smallest absolute Gasteiger partial charge is 0.00202 e. The van der Waals surface area contributed by atoms with Gasteiger partial charge in [0.2, 0.25) is 0 Å². The molecule has 4 aliphatic rings. The molecule has 0 aromatic heterocycles. The van der Waals surface area contributed by atoms with E-state index in [0.29, 0.717) is 33.5 Å². The maximum absolute atomic E-state index is 6.19. The molecule has 0 saturated heterocycles. The number of hydrogen-bond donors (Lipinski definition) is 2. The summed E-state index contributed by atoms with van der Waals surface area (Å²) in [5, 5.41) is 0. The van der Waals surface area contributed by atoms with Crippen LogP contribution in [0.25, 0.3) is 0 Å². The van der Waals surface area contributed by atoms with Crippen LogP contribution in [0.15, 0.2) is 36.4 Å². The second-order valence-electron chi connectivity index (χ2n) is 16.6. The first kappa shape index (κ1) is 31.8. The minimum atomic E-state index is 0.335. The van der Waals surface area contributed by atoms with E-state index in [1.165, 1.54) is 75.3 Å². The molecule has 0 spiro atoms. The van der Waals surface area contributed by atoms with Gasteiger partial charge >= 0.3 is 0 Å². The van der Waals surface area contributed by atoms with E-state index >= 15 is 0 Å². The maximum Gasteiger partial charge on any atom is -0.00202 e. The summed E-state index contributed by atoms with van der Waals surface area (Å²) in [6, 6.07) is 14.6. The predicted molar refractivity (Wildman–Crippen MR) is 181 cm³/mol. The Hall–Kier alpha value is -1.64. The molecule has 2 aromatic rings. The molecule has 0 amide bonds. The Morgan fingerprint density at radius 3 is 1.33 bits per heavy atom. The van der Waals surface area contributed by atoms with Gasteiger partial charge in [-0.15, -0.1) is 0 Å². The Kier molecular flexibility index (Phi) is 8.85. The fraction of sp³-hybridized carbons (Fsp3) is 0.700. The van der Waals surface area contributed by atoms with Crippen molar-refractivity contribution in [1.29, 1.82) is 0 Å². The van der Waals surface area contributed by atoms with Crippen LogP contribution in [0, 0.1) is 22.7 Å². The topological polar surface area (TPSA) is 52.0 Å². The molecule has 42 heavy (non-hydrogen) atoms. The highest BCUT2D eigenvalue weighted by atomic mass is 14.7. The van der Waals surface area contributed by atoms with Crippen molar-refractivity contribution in [1.82, 2.24) is 0 Å². The summed E-state index contributed by atoms with van der Waals surface area (Å²) in [7, 11) is 0. The van der Waals surface area contributed by atoms with Gasteiger partial charge in [0.25, 0.3) is 0 Å². The molecule has 232 valence electrons. The zero-order valence-electron chi connectivity index (χ0n) is 28.4. The van der Waals surface area contributed by atoms with E-state index in [1.807, 2.05) is 0 Å². The van der Waals surface area contributed by atoms with Crippen molar-refractivity contribution in [3.8, 4) is 0 Å². The Balaban J connectivity index is 0.000000168. The fourth-order valence-corrected chi connectivity index (χ4v) is 10.5. The Bertz CT molecular complexity index is 1160. The highest BCUT2D eigenvalue weighted by Crippen LogP contribution is 2.58. The Labute approximate surface area is 258 Å². The lowest BCUT2D eigenvalue weighted by atomic mass is 9.50. The highest BCUT2D eigenvalue weighted by molar-refractivity contribution is 5.43. The average Bonchev–Trinajstić information content (AvgIpc) is 2.96. The molecule has 0 radical (unpaired) electrons. The van der Waals surface area contributed by atoms with E-state index in [-0.39, 0.29) is 0 Å².